The van der Waals surface area contributed by atoms with Crippen LogP contribution in [0, 0.1) is 0 Å². The Bertz CT molecular complexity index is 348. The molecule has 1 unspecified atom stereocenters. The van der Waals surface area contributed by atoms with Gasteiger partial charge in [-0.05, 0) is 44.4 Å². The first kappa shape index (κ1) is 13.8. The summed E-state index contributed by atoms with van der Waals surface area (Å²) in [6.07, 6.45) is 11.3. The van der Waals surface area contributed by atoms with E-state index in [0.717, 1.165) is 30.6 Å². The topological polar surface area (TPSA) is 26.3 Å². The lowest BCUT2D eigenvalue weighted by atomic mass is 10.1. The Morgan fingerprint density at radius 2 is 2.12 bits per heavy atom. The molecule has 1 aliphatic carbocycles. The van der Waals surface area contributed by atoms with Crippen LogP contribution in [0.15, 0.2) is 35.6 Å². The minimum absolute atomic E-state index is 0.221. The molecule has 0 N–H and O–H groups in total. The van der Waals surface area contributed by atoms with Crippen molar-refractivity contribution in [3.05, 3.63) is 35.6 Å². The summed E-state index contributed by atoms with van der Waals surface area (Å²) in [5.74, 6) is 1.09. The van der Waals surface area contributed by atoms with Crippen molar-refractivity contribution in [3.63, 3.8) is 0 Å². The van der Waals surface area contributed by atoms with Gasteiger partial charge >= 0.3 is 0 Å². The Kier molecular flexibility index (Phi) is 5.75. The summed E-state index contributed by atoms with van der Waals surface area (Å²) in [5, 5.41) is 0. The number of ether oxygens (including phenoxy) is 1. The van der Waals surface area contributed by atoms with Crippen LogP contribution in [0.3, 0.4) is 0 Å². The van der Waals surface area contributed by atoms with Gasteiger partial charge in [-0.3, -0.25) is 4.79 Å². The van der Waals surface area contributed by atoms with Crippen LogP contribution in [0.1, 0.15) is 46.5 Å². The van der Waals surface area contributed by atoms with Crippen LogP contribution in [0.4, 0.5) is 0 Å². The largest absolute Gasteiger partial charge is 0.491 e. The second-order valence-electron chi connectivity index (χ2n) is 4.34. The molecule has 0 saturated heterocycles. The summed E-state index contributed by atoms with van der Waals surface area (Å²) >= 11 is 0. The van der Waals surface area contributed by atoms with Crippen LogP contribution >= 0.6 is 0 Å². The number of carbonyl (C=O) groups excluding carboxylic acids is 1. The molecule has 0 spiro atoms. The second-order valence-corrected chi connectivity index (χ2v) is 4.34. The van der Waals surface area contributed by atoms with Gasteiger partial charge in [-0.2, -0.15) is 0 Å². The Balaban J connectivity index is 2.60. The number of carbonyl (C=O) groups is 1. The van der Waals surface area contributed by atoms with Gasteiger partial charge in [0, 0.05) is 12.0 Å². The number of hydrogen-bond donors (Lipinski definition) is 0. The van der Waals surface area contributed by atoms with E-state index in [-0.39, 0.29) is 11.9 Å². The fraction of sp³-hybridized carbons (Fsp3) is 0.533. The molecule has 0 amide bonds. The van der Waals surface area contributed by atoms with Crippen molar-refractivity contribution in [2.75, 3.05) is 0 Å². The average molecular weight is 234 g/mol. The Morgan fingerprint density at radius 1 is 1.35 bits per heavy atom. The van der Waals surface area contributed by atoms with Crippen molar-refractivity contribution in [1.29, 1.82) is 0 Å². The molecule has 0 aromatic carbocycles. The van der Waals surface area contributed by atoms with Crippen LogP contribution in [0.2, 0.25) is 0 Å². The van der Waals surface area contributed by atoms with E-state index in [1.165, 1.54) is 0 Å². The van der Waals surface area contributed by atoms with E-state index < -0.39 is 0 Å². The molecule has 0 fully saturated rings. The van der Waals surface area contributed by atoms with Gasteiger partial charge in [0.05, 0.1) is 6.10 Å². The molecule has 0 aromatic heterocycles. The molecular weight excluding hydrogens is 212 g/mol. The molecule has 0 aliphatic heterocycles. The molecule has 17 heavy (non-hydrogen) atoms. The van der Waals surface area contributed by atoms with Gasteiger partial charge in [-0.1, -0.05) is 19.9 Å². The number of allylic oxidation sites excluding steroid dienone is 5. The smallest absolute Gasteiger partial charge is 0.162 e. The monoisotopic (exact) mass is 234 g/mol. The van der Waals surface area contributed by atoms with Crippen molar-refractivity contribution >= 4 is 5.78 Å². The summed E-state index contributed by atoms with van der Waals surface area (Å²) in [6, 6.07) is 0. The predicted octanol–water partition coefficient (Wildman–Crippen LogP) is 3.94. The van der Waals surface area contributed by atoms with Gasteiger partial charge in [0.1, 0.15) is 5.76 Å². The predicted molar refractivity (Wildman–Crippen MR) is 70.7 cm³/mol. The minimum Gasteiger partial charge on any atom is -0.491 e. The van der Waals surface area contributed by atoms with E-state index in [9.17, 15) is 4.79 Å². The van der Waals surface area contributed by atoms with E-state index in [4.69, 9.17) is 4.74 Å². The lowest BCUT2D eigenvalue weighted by molar-refractivity contribution is -0.115. The number of Topliss-reactive ketones (excluding diaryl/α,β-unsaturated/α-hetero) is 1. The third kappa shape index (κ3) is 4.59. The maximum atomic E-state index is 11.8. The molecule has 0 bridgehead atoms. The zero-order chi connectivity index (χ0) is 12.7. The van der Waals surface area contributed by atoms with Gasteiger partial charge in [0.2, 0.25) is 0 Å². The lowest BCUT2D eigenvalue weighted by Crippen LogP contribution is -2.04. The van der Waals surface area contributed by atoms with Gasteiger partial charge < -0.3 is 4.74 Å². The highest BCUT2D eigenvalue weighted by Crippen LogP contribution is 2.16. The highest BCUT2D eigenvalue weighted by Gasteiger charge is 2.08. The molecular formula is C15H22O2. The van der Waals surface area contributed by atoms with Gasteiger partial charge in [-0.15, -0.1) is 0 Å². The van der Waals surface area contributed by atoms with Crippen LogP contribution in [0.25, 0.3) is 0 Å². The third-order valence-corrected chi connectivity index (χ3v) is 2.80. The van der Waals surface area contributed by atoms with Crippen molar-refractivity contribution < 1.29 is 9.53 Å². The number of hydrogen-bond acceptors (Lipinski definition) is 2. The Morgan fingerprint density at radius 3 is 2.76 bits per heavy atom. The molecule has 0 radical (unpaired) electrons. The van der Waals surface area contributed by atoms with Crippen LogP contribution < -0.4 is 0 Å². The quantitative estimate of drug-likeness (QED) is 0.695. The van der Waals surface area contributed by atoms with E-state index >= 15 is 0 Å². The lowest BCUT2D eigenvalue weighted by Gasteiger charge is -2.12. The van der Waals surface area contributed by atoms with Crippen LogP contribution in [-0.4, -0.2) is 11.9 Å². The fourth-order valence-corrected chi connectivity index (χ4v) is 1.59. The molecule has 2 nitrogen and oxygen atoms in total. The average Bonchev–Trinajstić information content (AvgIpc) is 2.55. The minimum atomic E-state index is 0.221. The molecule has 1 aliphatic rings. The van der Waals surface area contributed by atoms with Crippen molar-refractivity contribution in [2.24, 2.45) is 0 Å². The van der Waals surface area contributed by atoms with Gasteiger partial charge in [0.15, 0.2) is 5.78 Å². The van der Waals surface area contributed by atoms with Crippen LogP contribution in [0.5, 0.6) is 0 Å². The van der Waals surface area contributed by atoms with Crippen molar-refractivity contribution in [3.8, 4) is 0 Å². The molecule has 1 atom stereocenters. The first-order chi connectivity index (χ1) is 8.17. The summed E-state index contributed by atoms with van der Waals surface area (Å²) < 4.78 is 5.74. The molecule has 2 heteroatoms. The van der Waals surface area contributed by atoms with Crippen LogP contribution in [-0.2, 0) is 9.53 Å². The molecule has 0 heterocycles. The normalized spacial score (nSPS) is 16.9. The Hall–Kier alpha value is -1.31. The zero-order valence-corrected chi connectivity index (χ0v) is 11.0. The number of rotatable bonds is 6. The third-order valence-electron chi connectivity index (χ3n) is 2.80. The van der Waals surface area contributed by atoms with E-state index in [2.05, 4.69) is 13.8 Å². The summed E-state index contributed by atoms with van der Waals surface area (Å²) in [4.78, 5) is 11.8. The first-order valence-corrected chi connectivity index (χ1v) is 6.45. The van der Waals surface area contributed by atoms with Gasteiger partial charge in [-0.25, -0.2) is 0 Å². The number of ketones is 1. The zero-order valence-electron chi connectivity index (χ0n) is 11.0. The van der Waals surface area contributed by atoms with Crippen molar-refractivity contribution in [2.45, 2.75) is 52.6 Å². The van der Waals surface area contributed by atoms with E-state index in [1.54, 1.807) is 0 Å². The van der Waals surface area contributed by atoms with E-state index in [1.807, 2.05) is 31.2 Å². The summed E-state index contributed by atoms with van der Waals surface area (Å²) in [6.45, 7) is 6.17. The summed E-state index contributed by atoms with van der Waals surface area (Å²) in [7, 11) is 0. The maximum Gasteiger partial charge on any atom is 0.162 e. The van der Waals surface area contributed by atoms with Gasteiger partial charge in [0.25, 0.3) is 0 Å². The highest BCUT2D eigenvalue weighted by atomic mass is 16.5. The SMILES string of the molecule is CCCC(=O)C1=CCC=C(OC(C)CC)C=C1. The van der Waals surface area contributed by atoms with E-state index in [0.29, 0.717) is 6.42 Å². The second kappa shape index (κ2) is 7.10. The fourth-order valence-electron chi connectivity index (χ4n) is 1.59. The first-order valence-electron chi connectivity index (χ1n) is 6.45. The summed E-state index contributed by atoms with van der Waals surface area (Å²) in [5.41, 5.74) is 0.811. The standard InChI is InChI=1S/C15H22O2/c1-4-7-15(16)13-8-6-9-14(11-10-13)17-12(3)5-2/h8-12H,4-7H2,1-3H3. The molecule has 94 valence electrons. The van der Waals surface area contributed by atoms with Crippen molar-refractivity contribution in [1.82, 2.24) is 0 Å². The Labute approximate surface area is 104 Å². The molecule has 0 saturated carbocycles. The highest BCUT2D eigenvalue weighted by molar-refractivity contribution is 5.98. The molecule has 0 aromatic rings. The maximum absolute atomic E-state index is 11.8. The molecule has 1 rings (SSSR count).